The van der Waals surface area contributed by atoms with Gasteiger partial charge >= 0.3 is 5.97 Å². The maximum Gasteiger partial charge on any atom is 0.334 e. The van der Waals surface area contributed by atoms with Crippen LogP contribution in [0.25, 0.3) is 0 Å². The summed E-state index contributed by atoms with van der Waals surface area (Å²) in [4.78, 5) is 11.1. The lowest BCUT2D eigenvalue weighted by Gasteiger charge is -2.09. The van der Waals surface area contributed by atoms with Crippen LogP contribution in [0.2, 0.25) is 0 Å². The number of carbonyl (C=O) groups excluding carboxylic acids is 1. The summed E-state index contributed by atoms with van der Waals surface area (Å²) in [5.74, 6) is -0.534. The van der Waals surface area contributed by atoms with E-state index in [0.717, 1.165) is 5.56 Å². The van der Waals surface area contributed by atoms with Gasteiger partial charge in [0.05, 0.1) is 6.61 Å². The van der Waals surface area contributed by atoms with Crippen LogP contribution in [0.15, 0.2) is 30.3 Å². The highest BCUT2D eigenvalue weighted by molar-refractivity contribution is 5.74. The maximum atomic E-state index is 11.1. The number of aryl methyl sites for hydroxylation is 1. The van der Waals surface area contributed by atoms with E-state index >= 15 is 0 Å². The fraction of sp³-hybridized carbons (Fsp3) is 0.417. The quantitative estimate of drug-likeness (QED) is 0.747. The van der Waals surface area contributed by atoms with E-state index in [1.807, 2.05) is 30.3 Å². The van der Waals surface area contributed by atoms with Gasteiger partial charge in [-0.1, -0.05) is 30.3 Å². The smallest absolute Gasteiger partial charge is 0.334 e. The third-order valence-corrected chi connectivity index (χ3v) is 2.11. The van der Waals surface area contributed by atoms with Crippen LogP contribution in [-0.2, 0) is 16.0 Å². The molecule has 0 aliphatic carbocycles. The van der Waals surface area contributed by atoms with Crippen molar-refractivity contribution < 1.29 is 14.6 Å². The van der Waals surface area contributed by atoms with Crippen LogP contribution in [0.3, 0.4) is 0 Å². The highest BCUT2D eigenvalue weighted by Gasteiger charge is 2.15. The first-order valence-corrected chi connectivity index (χ1v) is 5.12. The molecule has 0 radical (unpaired) electrons. The molecule has 0 aliphatic rings. The molecule has 15 heavy (non-hydrogen) atoms. The fourth-order valence-electron chi connectivity index (χ4n) is 1.30. The molecule has 0 bridgehead atoms. The van der Waals surface area contributed by atoms with Gasteiger partial charge in [-0.3, -0.25) is 0 Å². The molecule has 3 nitrogen and oxygen atoms in total. The second kappa shape index (κ2) is 6.19. The molecule has 0 unspecified atom stereocenters. The van der Waals surface area contributed by atoms with E-state index in [1.165, 1.54) is 0 Å². The Balaban J connectivity index is 2.34. The van der Waals surface area contributed by atoms with Crippen LogP contribution in [0.4, 0.5) is 0 Å². The van der Waals surface area contributed by atoms with Crippen molar-refractivity contribution in [3.63, 3.8) is 0 Å². The van der Waals surface area contributed by atoms with E-state index in [4.69, 9.17) is 4.74 Å². The van der Waals surface area contributed by atoms with Crippen molar-refractivity contribution in [1.82, 2.24) is 0 Å². The van der Waals surface area contributed by atoms with Gasteiger partial charge in [0.2, 0.25) is 0 Å². The molecular formula is C12H16O3. The Bertz CT molecular complexity index is 295. The standard InChI is InChI=1S/C12H16O3/c1-2-15-12(14)11(13)9-8-10-6-4-3-5-7-10/h3-7,11,13H,2,8-9H2,1H3/t11-/m0/s1. The number of aliphatic hydroxyl groups excluding tert-OH is 1. The first kappa shape index (κ1) is 11.7. The lowest BCUT2D eigenvalue weighted by molar-refractivity contribution is -0.153. The lowest BCUT2D eigenvalue weighted by Crippen LogP contribution is -2.23. The molecule has 0 saturated heterocycles. The van der Waals surface area contributed by atoms with Crippen molar-refractivity contribution in [3.05, 3.63) is 35.9 Å². The summed E-state index contributed by atoms with van der Waals surface area (Å²) in [6.07, 6.45) is 0.0779. The number of rotatable bonds is 5. The molecule has 0 amide bonds. The minimum absolute atomic E-state index is 0.307. The third kappa shape index (κ3) is 4.13. The van der Waals surface area contributed by atoms with Crippen LogP contribution in [-0.4, -0.2) is 23.8 Å². The van der Waals surface area contributed by atoms with Crippen LogP contribution in [0.1, 0.15) is 18.9 Å². The third-order valence-electron chi connectivity index (χ3n) is 2.11. The predicted octanol–water partition coefficient (Wildman–Crippen LogP) is 1.54. The molecule has 1 aromatic rings. The highest BCUT2D eigenvalue weighted by Crippen LogP contribution is 2.05. The van der Waals surface area contributed by atoms with Crippen LogP contribution in [0.5, 0.6) is 0 Å². The summed E-state index contributed by atoms with van der Waals surface area (Å²) in [6, 6.07) is 9.75. The van der Waals surface area contributed by atoms with Crippen molar-refractivity contribution in [2.75, 3.05) is 6.61 Å². The van der Waals surface area contributed by atoms with Crippen molar-refractivity contribution in [2.45, 2.75) is 25.9 Å². The van der Waals surface area contributed by atoms with Gasteiger partial charge in [-0.05, 0) is 25.3 Å². The van der Waals surface area contributed by atoms with Crippen LogP contribution >= 0.6 is 0 Å². The fourth-order valence-corrected chi connectivity index (χ4v) is 1.30. The summed E-state index contributed by atoms with van der Waals surface area (Å²) in [7, 11) is 0. The summed E-state index contributed by atoms with van der Waals surface area (Å²) in [6.45, 7) is 2.03. The van der Waals surface area contributed by atoms with Gasteiger partial charge in [0, 0.05) is 0 Å². The van der Waals surface area contributed by atoms with Crippen molar-refractivity contribution >= 4 is 5.97 Å². The molecule has 0 spiro atoms. The Morgan fingerprint density at radius 3 is 2.67 bits per heavy atom. The Morgan fingerprint density at radius 1 is 1.40 bits per heavy atom. The molecule has 0 aromatic heterocycles. The number of ether oxygens (including phenoxy) is 1. The number of carbonyl (C=O) groups is 1. The van der Waals surface area contributed by atoms with Crippen molar-refractivity contribution in [3.8, 4) is 0 Å². The summed E-state index contributed by atoms with van der Waals surface area (Å²) >= 11 is 0. The van der Waals surface area contributed by atoms with Gasteiger partial charge in [0.25, 0.3) is 0 Å². The topological polar surface area (TPSA) is 46.5 Å². The molecule has 1 N–H and O–H groups in total. The molecule has 0 saturated carbocycles. The zero-order valence-corrected chi connectivity index (χ0v) is 8.85. The van der Waals surface area contributed by atoms with E-state index in [9.17, 15) is 9.90 Å². The SMILES string of the molecule is CCOC(=O)[C@@H](O)CCc1ccccc1. The zero-order valence-electron chi connectivity index (χ0n) is 8.85. The predicted molar refractivity (Wildman–Crippen MR) is 57.4 cm³/mol. The van der Waals surface area contributed by atoms with Gasteiger partial charge in [0.1, 0.15) is 0 Å². The second-order valence-corrected chi connectivity index (χ2v) is 3.29. The van der Waals surface area contributed by atoms with Gasteiger partial charge in [-0.2, -0.15) is 0 Å². The van der Waals surface area contributed by atoms with Crippen LogP contribution < -0.4 is 0 Å². The average Bonchev–Trinajstić information content (AvgIpc) is 2.27. The van der Waals surface area contributed by atoms with E-state index in [1.54, 1.807) is 6.92 Å². The summed E-state index contributed by atoms with van der Waals surface area (Å²) < 4.78 is 4.70. The molecule has 1 aromatic carbocycles. The summed E-state index contributed by atoms with van der Waals surface area (Å²) in [5.41, 5.74) is 1.11. The molecule has 1 rings (SSSR count). The van der Waals surface area contributed by atoms with Crippen molar-refractivity contribution in [2.24, 2.45) is 0 Å². The minimum Gasteiger partial charge on any atom is -0.464 e. The largest absolute Gasteiger partial charge is 0.464 e. The molecule has 82 valence electrons. The van der Waals surface area contributed by atoms with E-state index < -0.39 is 12.1 Å². The van der Waals surface area contributed by atoms with E-state index in [-0.39, 0.29) is 0 Å². The van der Waals surface area contributed by atoms with E-state index in [2.05, 4.69) is 0 Å². The van der Waals surface area contributed by atoms with E-state index in [0.29, 0.717) is 19.4 Å². The first-order chi connectivity index (χ1) is 7.24. The average molecular weight is 208 g/mol. The molecular weight excluding hydrogens is 192 g/mol. The number of hydrogen-bond donors (Lipinski definition) is 1. The number of aliphatic hydroxyl groups is 1. The van der Waals surface area contributed by atoms with Crippen molar-refractivity contribution in [1.29, 1.82) is 0 Å². The maximum absolute atomic E-state index is 11.1. The normalized spacial score (nSPS) is 12.1. The molecule has 0 aliphatic heterocycles. The zero-order chi connectivity index (χ0) is 11.1. The highest BCUT2D eigenvalue weighted by atomic mass is 16.5. The number of hydrogen-bond acceptors (Lipinski definition) is 3. The molecule has 0 fully saturated rings. The Kier molecular flexibility index (Phi) is 4.84. The Labute approximate surface area is 89.7 Å². The van der Waals surface area contributed by atoms with Gasteiger partial charge < -0.3 is 9.84 Å². The monoisotopic (exact) mass is 208 g/mol. The van der Waals surface area contributed by atoms with Crippen LogP contribution in [0, 0.1) is 0 Å². The molecule has 0 heterocycles. The van der Waals surface area contributed by atoms with Gasteiger partial charge in [0.15, 0.2) is 6.10 Å². The lowest BCUT2D eigenvalue weighted by atomic mass is 10.1. The van der Waals surface area contributed by atoms with Gasteiger partial charge in [-0.15, -0.1) is 0 Å². The first-order valence-electron chi connectivity index (χ1n) is 5.12. The number of benzene rings is 1. The minimum atomic E-state index is -1.01. The van der Waals surface area contributed by atoms with Gasteiger partial charge in [-0.25, -0.2) is 4.79 Å². The Hall–Kier alpha value is -1.35. The molecule has 3 heteroatoms. The molecule has 1 atom stereocenters. The second-order valence-electron chi connectivity index (χ2n) is 3.29. The summed E-state index contributed by atoms with van der Waals surface area (Å²) in [5, 5.41) is 9.44. The Morgan fingerprint density at radius 2 is 2.07 bits per heavy atom. The number of esters is 1.